The van der Waals surface area contributed by atoms with E-state index in [1.807, 2.05) is 81.4 Å². The first-order valence-corrected chi connectivity index (χ1v) is 20.5. The predicted octanol–water partition coefficient (Wildman–Crippen LogP) is 7.33. The molecule has 0 bridgehead atoms. The van der Waals surface area contributed by atoms with Crippen molar-refractivity contribution in [3.8, 4) is 23.0 Å². The summed E-state index contributed by atoms with van der Waals surface area (Å²) in [7, 11) is 0. The second-order valence-corrected chi connectivity index (χ2v) is 17.7. The summed E-state index contributed by atoms with van der Waals surface area (Å²) in [6, 6.07) is 17.7. The fraction of sp³-hybridized carbons (Fsp3) is 0.375. The molecule has 2 atom stereocenters. The number of amides is 4. The Balaban J connectivity index is 0.000000238. The minimum atomic E-state index is -0.721. The van der Waals surface area contributed by atoms with Crippen molar-refractivity contribution in [1.82, 2.24) is 20.9 Å². The Morgan fingerprint density at radius 1 is 0.619 bits per heavy atom. The average molecular weight is 864 g/mol. The van der Waals surface area contributed by atoms with Gasteiger partial charge in [0.15, 0.2) is 41.5 Å². The Bertz CT molecular complexity index is 2410. The number of rotatable bonds is 6. The van der Waals surface area contributed by atoms with Crippen LogP contribution >= 0.6 is 0 Å². The Hall–Kier alpha value is -6.90. The second-order valence-electron chi connectivity index (χ2n) is 17.7. The van der Waals surface area contributed by atoms with Crippen molar-refractivity contribution in [2.45, 2.75) is 106 Å². The number of carbonyl (C=O) groups is 5. The van der Waals surface area contributed by atoms with E-state index in [2.05, 4.69) is 16.0 Å². The van der Waals surface area contributed by atoms with E-state index in [1.165, 1.54) is 16.2 Å². The lowest BCUT2D eigenvalue weighted by Gasteiger charge is -2.36. The van der Waals surface area contributed by atoms with Crippen molar-refractivity contribution in [2.75, 3.05) is 13.2 Å². The van der Waals surface area contributed by atoms with Crippen molar-refractivity contribution in [3.63, 3.8) is 0 Å². The van der Waals surface area contributed by atoms with Crippen LogP contribution in [0, 0.1) is 41.5 Å². The molecule has 0 aliphatic carbocycles. The summed E-state index contributed by atoms with van der Waals surface area (Å²) in [5.41, 5.74) is 10.8. The van der Waals surface area contributed by atoms with Gasteiger partial charge in [0.2, 0.25) is 0 Å². The van der Waals surface area contributed by atoms with Crippen LogP contribution in [0.3, 0.4) is 0 Å². The maximum atomic E-state index is 13.3. The SMILES string of the molecule is Cc1cc(C)cc(C(=O)N(NC(=O)c2ccc3c(c2C)O[C@@H](/C=N\O)CO3)C(C)(C)C)c1.Cc1cc(C)cc(C(=O)N(NC(=O)c2ccc3c(c2C)O[C@@H](C=O)CO3)C(C)(C)C)c1. The van der Waals surface area contributed by atoms with E-state index >= 15 is 0 Å². The molecule has 0 fully saturated rings. The molecule has 3 N–H and O–H groups in total. The highest BCUT2D eigenvalue weighted by molar-refractivity contribution is 6.02. The van der Waals surface area contributed by atoms with E-state index in [4.69, 9.17) is 24.2 Å². The molecule has 4 aromatic rings. The Morgan fingerprint density at radius 3 is 1.33 bits per heavy atom. The molecule has 2 aliphatic rings. The molecular formula is C48H57N5O10. The number of benzene rings is 4. The highest BCUT2D eigenvalue weighted by Crippen LogP contribution is 2.38. The number of aldehydes is 1. The van der Waals surface area contributed by atoms with Gasteiger partial charge in [0, 0.05) is 33.4 Å². The van der Waals surface area contributed by atoms with Crippen LogP contribution in [0.25, 0.3) is 0 Å². The van der Waals surface area contributed by atoms with Crippen LogP contribution < -0.4 is 29.8 Å². The summed E-state index contributed by atoms with van der Waals surface area (Å²) in [6.45, 7) is 22.6. The normalized spacial score (nSPS) is 15.4. The molecule has 63 heavy (non-hydrogen) atoms. The number of fused-ring (bicyclic) bond motifs is 2. The zero-order valence-corrected chi connectivity index (χ0v) is 38.0. The number of hydrazine groups is 2. The fourth-order valence-corrected chi connectivity index (χ4v) is 7.10. The van der Waals surface area contributed by atoms with Crippen LogP contribution in [-0.2, 0) is 4.79 Å². The third-order valence-electron chi connectivity index (χ3n) is 10.1. The van der Waals surface area contributed by atoms with E-state index in [0.717, 1.165) is 22.3 Å². The summed E-state index contributed by atoms with van der Waals surface area (Å²) >= 11 is 0. The van der Waals surface area contributed by atoms with Crippen molar-refractivity contribution in [1.29, 1.82) is 0 Å². The summed E-state index contributed by atoms with van der Waals surface area (Å²) in [6.07, 6.45) is 0.598. The van der Waals surface area contributed by atoms with Crippen LogP contribution in [0.15, 0.2) is 65.8 Å². The van der Waals surface area contributed by atoms with Gasteiger partial charge in [-0.2, -0.15) is 0 Å². The number of aryl methyl sites for hydroxylation is 4. The van der Waals surface area contributed by atoms with Gasteiger partial charge in [-0.1, -0.05) is 39.5 Å². The van der Waals surface area contributed by atoms with E-state index in [0.29, 0.717) is 62.7 Å². The predicted molar refractivity (Wildman–Crippen MR) is 237 cm³/mol. The number of hydrogen-bond acceptors (Lipinski definition) is 11. The van der Waals surface area contributed by atoms with Crippen LogP contribution in [0.1, 0.15) is 116 Å². The third-order valence-corrected chi connectivity index (χ3v) is 10.1. The molecule has 0 unspecified atom stereocenters. The zero-order valence-electron chi connectivity index (χ0n) is 38.0. The van der Waals surface area contributed by atoms with E-state index in [1.54, 1.807) is 62.4 Å². The fourth-order valence-electron chi connectivity index (χ4n) is 7.10. The summed E-state index contributed by atoms with van der Waals surface area (Å²) in [5.74, 6) is 0.239. The molecular weight excluding hydrogens is 807 g/mol. The van der Waals surface area contributed by atoms with Crippen molar-refractivity contribution < 1.29 is 48.1 Å². The molecule has 2 aliphatic heterocycles. The molecule has 0 saturated carbocycles. The van der Waals surface area contributed by atoms with Crippen LogP contribution in [-0.4, -0.2) is 87.9 Å². The standard InChI is InChI=1S/C24H29N3O5.C24H28N2O5/c1-14-9-15(2)11-17(10-14)23(29)27(24(4,5)6)26-22(28)19-7-8-20-21(16(19)3)32-18(12-25-30)13-31-20;1-14-9-15(2)11-17(10-14)23(29)26(24(4,5)6)25-22(28)19-7-8-20-21(16(19)3)31-18(12-27)13-30-20/h7-12,18,30H,13H2,1-6H3,(H,26,28);7-12,18H,13H2,1-6H3,(H,25,28)/b25-12-;/t2*18-/m00/s1. The number of oxime groups is 1. The highest BCUT2D eigenvalue weighted by atomic mass is 16.6. The van der Waals surface area contributed by atoms with Gasteiger partial charge in [-0.25, -0.2) is 10.0 Å². The minimum absolute atomic E-state index is 0.129. The van der Waals surface area contributed by atoms with E-state index in [9.17, 15) is 24.0 Å². The molecule has 0 spiro atoms. The van der Waals surface area contributed by atoms with Gasteiger partial charge in [0.1, 0.15) is 13.2 Å². The first-order valence-electron chi connectivity index (χ1n) is 20.5. The first-order chi connectivity index (χ1) is 29.5. The number of ether oxygens (including phenoxy) is 4. The lowest BCUT2D eigenvalue weighted by molar-refractivity contribution is -0.115. The first kappa shape index (κ1) is 47.2. The van der Waals surface area contributed by atoms with Gasteiger partial charge in [-0.3, -0.25) is 34.8 Å². The molecule has 15 nitrogen and oxygen atoms in total. The summed E-state index contributed by atoms with van der Waals surface area (Å²) in [5, 5.41) is 14.4. The molecule has 0 aromatic heterocycles. The maximum absolute atomic E-state index is 13.3. The topological polar surface area (TPSA) is 185 Å². The lowest BCUT2D eigenvalue weighted by Crippen LogP contribution is -2.56. The average Bonchev–Trinajstić information content (AvgIpc) is 3.20. The van der Waals surface area contributed by atoms with E-state index in [-0.39, 0.29) is 25.0 Å². The second kappa shape index (κ2) is 19.0. The number of nitrogens with zero attached hydrogens (tertiary/aromatic N) is 3. The van der Waals surface area contributed by atoms with E-state index < -0.39 is 35.1 Å². The van der Waals surface area contributed by atoms with Crippen LogP contribution in [0.2, 0.25) is 0 Å². The van der Waals surface area contributed by atoms with Gasteiger partial charge >= 0.3 is 0 Å². The van der Waals surface area contributed by atoms with Crippen molar-refractivity contribution >= 4 is 36.1 Å². The van der Waals surface area contributed by atoms with Crippen LogP contribution in [0.4, 0.5) is 0 Å². The number of carbonyl (C=O) groups excluding carboxylic acids is 5. The van der Waals surface area contributed by atoms with Gasteiger partial charge in [0.25, 0.3) is 23.6 Å². The molecule has 0 radical (unpaired) electrons. The lowest BCUT2D eigenvalue weighted by atomic mass is 10.0. The molecule has 15 heteroatoms. The maximum Gasteiger partial charge on any atom is 0.272 e. The molecule has 334 valence electrons. The molecule has 6 rings (SSSR count). The number of hydrogen-bond donors (Lipinski definition) is 3. The molecule has 4 aromatic carbocycles. The van der Waals surface area contributed by atoms with Gasteiger partial charge in [-0.15, -0.1) is 0 Å². The van der Waals surface area contributed by atoms with Gasteiger partial charge in [-0.05, 0) is 132 Å². The Kier molecular flexibility index (Phi) is 14.2. The summed E-state index contributed by atoms with van der Waals surface area (Å²) < 4.78 is 22.7. The summed E-state index contributed by atoms with van der Waals surface area (Å²) in [4.78, 5) is 64.1. The van der Waals surface area contributed by atoms with Crippen LogP contribution in [0.5, 0.6) is 23.0 Å². The molecule has 4 amide bonds. The molecule has 2 heterocycles. The zero-order chi connectivity index (χ0) is 46.6. The largest absolute Gasteiger partial charge is 0.485 e. The third kappa shape index (κ3) is 11.1. The minimum Gasteiger partial charge on any atom is -0.485 e. The highest BCUT2D eigenvalue weighted by Gasteiger charge is 2.33. The smallest absolute Gasteiger partial charge is 0.272 e. The van der Waals surface area contributed by atoms with Gasteiger partial charge < -0.3 is 24.2 Å². The molecule has 0 saturated heterocycles. The van der Waals surface area contributed by atoms with Gasteiger partial charge in [0.05, 0.1) is 17.3 Å². The Labute approximate surface area is 368 Å². The van der Waals surface area contributed by atoms with Crippen molar-refractivity contribution in [2.24, 2.45) is 5.16 Å². The monoisotopic (exact) mass is 863 g/mol. The van der Waals surface area contributed by atoms with Crippen molar-refractivity contribution in [3.05, 3.63) is 116 Å². The quantitative estimate of drug-likeness (QED) is 0.0767. The number of nitrogens with one attached hydrogen (secondary N) is 2. The Morgan fingerprint density at radius 2 is 0.984 bits per heavy atom.